The second kappa shape index (κ2) is 7.32. The van der Waals surface area contributed by atoms with Gasteiger partial charge < -0.3 is 14.7 Å². The molecule has 1 aromatic heterocycles. The Balaban J connectivity index is 2.01. The van der Waals surface area contributed by atoms with Gasteiger partial charge in [-0.2, -0.15) is 0 Å². The minimum atomic E-state index is -0.834. The normalized spacial score (nSPS) is 21.4. The smallest absolute Gasteiger partial charge is 0.308 e. The van der Waals surface area contributed by atoms with Gasteiger partial charge in [-0.05, 0) is 35.2 Å². The third-order valence-electron chi connectivity index (χ3n) is 4.60. The van der Waals surface area contributed by atoms with E-state index in [4.69, 9.17) is 4.74 Å². The molecule has 1 amide bonds. The first kappa shape index (κ1) is 16.9. The van der Waals surface area contributed by atoms with Crippen molar-refractivity contribution in [2.45, 2.75) is 25.3 Å². The van der Waals surface area contributed by atoms with Crippen molar-refractivity contribution >= 4 is 33.3 Å². The standard InChI is InChI=1S/C18H21NO4S/c1-23-10-4-9-19-16(20)8-7-13(18(21)22)17(19)14-11-24-15-6-3-2-5-12(14)15/h2-3,5-6,11,13,17H,4,7-10H2,1H3,(H,21,22). The SMILES string of the molecule is COCCCN1C(=O)CCC(C(=O)O)C1c1csc2ccccc12. The van der Waals surface area contributed by atoms with Crippen LogP contribution in [0.3, 0.4) is 0 Å². The van der Waals surface area contributed by atoms with E-state index in [0.717, 1.165) is 15.6 Å². The maximum Gasteiger partial charge on any atom is 0.308 e. The van der Waals surface area contributed by atoms with Crippen LogP contribution in [-0.4, -0.2) is 42.1 Å². The summed E-state index contributed by atoms with van der Waals surface area (Å²) >= 11 is 1.60. The van der Waals surface area contributed by atoms with Crippen LogP contribution in [0, 0.1) is 5.92 Å². The molecule has 1 aliphatic heterocycles. The lowest BCUT2D eigenvalue weighted by atomic mass is 9.84. The van der Waals surface area contributed by atoms with Crippen molar-refractivity contribution in [3.05, 3.63) is 35.2 Å². The number of hydrogen-bond acceptors (Lipinski definition) is 4. The number of likely N-dealkylation sites (tertiary alicyclic amines) is 1. The van der Waals surface area contributed by atoms with Crippen molar-refractivity contribution in [1.82, 2.24) is 4.90 Å². The summed E-state index contributed by atoms with van der Waals surface area (Å²) in [6.45, 7) is 1.07. The lowest BCUT2D eigenvalue weighted by molar-refractivity contribution is -0.152. The number of rotatable bonds is 6. The van der Waals surface area contributed by atoms with Crippen LogP contribution in [0.1, 0.15) is 30.9 Å². The zero-order valence-corrected chi connectivity index (χ0v) is 14.4. The van der Waals surface area contributed by atoms with Gasteiger partial charge in [0.2, 0.25) is 5.91 Å². The fraction of sp³-hybridized carbons (Fsp3) is 0.444. The second-order valence-electron chi connectivity index (χ2n) is 6.05. The van der Waals surface area contributed by atoms with Gasteiger partial charge >= 0.3 is 5.97 Å². The van der Waals surface area contributed by atoms with E-state index in [-0.39, 0.29) is 5.91 Å². The van der Waals surface area contributed by atoms with Gasteiger partial charge in [0.1, 0.15) is 0 Å². The van der Waals surface area contributed by atoms with Gasteiger partial charge in [-0.15, -0.1) is 11.3 Å². The number of methoxy groups -OCH3 is 1. The molecule has 2 aromatic rings. The molecule has 0 bridgehead atoms. The molecule has 1 N–H and O–H groups in total. The van der Waals surface area contributed by atoms with Crippen molar-refractivity contribution < 1.29 is 19.4 Å². The molecule has 1 fully saturated rings. The fourth-order valence-corrected chi connectivity index (χ4v) is 4.46. The molecule has 2 heterocycles. The average molecular weight is 347 g/mol. The summed E-state index contributed by atoms with van der Waals surface area (Å²) in [7, 11) is 1.63. The van der Waals surface area contributed by atoms with Crippen LogP contribution >= 0.6 is 11.3 Å². The van der Waals surface area contributed by atoms with E-state index in [9.17, 15) is 14.7 Å². The molecule has 1 aliphatic rings. The summed E-state index contributed by atoms with van der Waals surface area (Å²) in [5.41, 5.74) is 0.952. The lowest BCUT2D eigenvalue weighted by Gasteiger charge is -2.39. The van der Waals surface area contributed by atoms with Crippen molar-refractivity contribution in [1.29, 1.82) is 0 Å². The van der Waals surface area contributed by atoms with Crippen LogP contribution in [0.4, 0.5) is 0 Å². The average Bonchev–Trinajstić information content (AvgIpc) is 2.99. The quantitative estimate of drug-likeness (QED) is 0.814. The number of benzene rings is 1. The van der Waals surface area contributed by atoms with Crippen molar-refractivity contribution in [2.75, 3.05) is 20.3 Å². The summed E-state index contributed by atoms with van der Waals surface area (Å²) in [4.78, 5) is 26.1. The van der Waals surface area contributed by atoms with Gasteiger partial charge in [0.25, 0.3) is 0 Å². The van der Waals surface area contributed by atoms with Gasteiger partial charge in [0.05, 0.1) is 12.0 Å². The number of nitrogens with zero attached hydrogens (tertiary/aromatic N) is 1. The van der Waals surface area contributed by atoms with Crippen LogP contribution in [0.25, 0.3) is 10.1 Å². The number of carboxylic acids is 1. The maximum absolute atomic E-state index is 12.5. The molecule has 6 heteroatoms. The number of aliphatic carboxylic acids is 1. The highest BCUT2D eigenvalue weighted by atomic mass is 32.1. The van der Waals surface area contributed by atoms with Crippen LogP contribution in [0.15, 0.2) is 29.6 Å². The molecule has 5 nitrogen and oxygen atoms in total. The number of thiophene rings is 1. The molecule has 0 saturated carbocycles. The topological polar surface area (TPSA) is 66.8 Å². The maximum atomic E-state index is 12.5. The predicted molar refractivity (Wildman–Crippen MR) is 93.1 cm³/mol. The largest absolute Gasteiger partial charge is 0.481 e. The van der Waals surface area contributed by atoms with Gasteiger partial charge in [0, 0.05) is 31.4 Å². The highest BCUT2D eigenvalue weighted by molar-refractivity contribution is 7.17. The summed E-state index contributed by atoms with van der Waals surface area (Å²) in [6, 6.07) is 7.55. The number of amides is 1. The number of carbonyl (C=O) groups is 2. The van der Waals surface area contributed by atoms with Crippen LogP contribution < -0.4 is 0 Å². The Morgan fingerprint density at radius 1 is 1.42 bits per heavy atom. The molecule has 128 valence electrons. The highest BCUT2D eigenvalue weighted by Crippen LogP contribution is 2.42. The number of fused-ring (bicyclic) bond motifs is 1. The minimum Gasteiger partial charge on any atom is -0.481 e. The molecule has 3 rings (SSSR count). The number of hydrogen-bond donors (Lipinski definition) is 1. The lowest BCUT2D eigenvalue weighted by Crippen LogP contribution is -2.45. The third-order valence-corrected chi connectivity index (χ3v) is 5.58. The second-order valence-corrected chi connectivity index (χ2v) is 6.96. The molecule has 24 heavy (non-hydrogen) atoms. The van der Waals surface area contributed by atoms with Crippen LogP contribution in [0.2, 0.25) is 0 Å². The molecule has 0 aliphatic carbocycles. The Labute approximate surface area is 144 Å². The minimum absolute atomic E-state index is 0.0314. The van der Waals surface area contributed by atoms with Crippen LogP contribution in [-0.2, 0) is 14.3 Å². The van der Waals surface area contributed by atoms with Crippen molar-refractivity contribution in [2.24, 2.45) is 5.92 Å². The Kier molecular flexibility index (Phi) is 5.16. The van der Waals surface area contributed by atoms with Crippen LogP contribution in [0.5, 0.6) is 0 Å². The van der Waals surface area contributed by atoms with Gasteiger partial charge in [0.15, 0.2) is 0 Å². The number of ether oxygens (including phenoxy) is 1. The molecule has 2 unspecified atom stereocenters. The monoisotopic (exact) mass is 347 g/mol. The number of piperidine rings is 1. The Bertz CT molecular complexity index is 741. The van der Waals surface area contributed by atoms with E-state index in [1.165, 1.54) is 0 Å². The molecule has 1 saturated heterocycles. The molecule has 0 spiro atoms. The zero-order chi connectivity index (χ0) is 17.1. The van der Waals surface area contributed by atoms with Gasteiger partial charge in [-0.3, -0.25) is 9.59 Å². The Hall–Kier alpha value is -1.92. The van der Waals surface area contributed by atoms with Crippen molar-refractivity contribution in [3.63, 3.8) is 0 Å². The summed E-state index contributed by atoms with van der Waals surface area (Å²) < 4.78 is 6.20. The fourth-order valence-electron chi connectivity index (χ4n) is 3.47. The summed E-state index contributed by atoms with van der Waals surface area (Å²) in [5.74, 6) is -1.37. The predicted octanol–water partition coefficient (Wildman–Crippen LogP) is 3.30. The van der Waals surface area contributed by atoms with E-state index in [1.54, 1.807) is 23.3 Å². The molecule has 1 aromatic carbocycles. The Morgan fingerprint density at radius 2 is 2.21 bits per heavy atom. The first-order chi connectivity index (χ1) is 11.6. The van der Waals surface area contributed by atoms with Gasteiger partial charge in [-0.1, -0.05) is 18.2 Å². The summed E-state index contributed by atoms with van der Waals surface area (Å²) in [6.07, 6.45) is 1.39. The molecular weight excluding hydrogens is 326 g/mol. The molecular formula is C18H21NO4S. The first-order valence-electron chi connectivity index (χ1n) is 8.11. The number of carboxylic acid groups (broad SMARTS) is 1. The van der Waals surface area contributed by atoms with E-state index in [1.807, 2.05) is 29.6 Å². The van der Waals surface area contributed by atoms with Crippen molar-refractivity contribution in [3.8, 4) is 0 Å². The highest BCUT2D eigenvalue weighted by Gasteiger charge is 2.41. The zero-order valence-electron chi connectivity index (χ0n) is 13.6. The number of carbonyl (C=O) groups excluding carboxylic acids is 1. The van der Waals surface area contributed by atoms with E-state index in [0.29, 0.717) is 32.4 Å². The first-order valence-corrected chi connectivity index (χ1v) is 8.98. The molecule has 0 radical (unpaired) electrons. The van der Waals surface area contributed by atoms with E-state index >= 15 is 0 Å². The van der Waals surface area contributed by atoms with E-state index in [2.05, 4.69) is 0 Å². The van der Waals surface area contributed by atoms with Gasteiger partial charge in [-0.25, -0.2) is 0 Å². The summed E-state index contributed by atoms with van der Waals surface area (Å²) in [5, 5.41) is 12.7. The van der Waals surface area contributed by atoms with E-state index < -0.39 is 17.9 Å². The molecule has 2 atom stereocenters. The third kappa shape index (κ3) is 3.16. The Morgan fingerprint density at radius 3 is 2.96 bits per heavy atom.